The summed E-state index contributed by atoms with van der Waals surface area (Å²) >= 11 is 5.93. The fourth-order valence-corrected chi connectivity index (χ4v) is 4.56. The maximum absolute atomic E-state index is 12.6. The van der Waals surface area contributed by atoms with E-state index >= 15 is 0 Å². The maximum Gasteiger partial charge on any atom is 0.260 e. The largest absolute Gasteiger partial charge is 0.260 e. The van der Waals surface area contributed by atoms with Gasteiger partial charge in [0.2, 0.25) is 0 Å². The van der Waals surface area contributed by atoms with E-state index in [1.54, 1.807) is 11.4 Å². The average molecular weight is 292 g/mol. The van der Waals surface area contributed by atoms with Gasteiger partial charge in [0.25, 0.3) is 10.0 Å². The second kappa shape index (κ2) is 5.59. The van der Waals surface area contributed by atoms with Gasteiger partial charge in [-0.15, -0.1) is 11.6 Å². The summed E-state index contributed by atoms with van der Waals surface area (Å²) in [6.45, 7) is 0.547. The van der Waals surface area contributed by atoms with Crippen molar-refractivity contribution in [1.82, 2.24) is 14.1 Å². The second-order valence-electron chi connectivity index (χ2n) is 4.57. The number of hydrogen-bond donors (Lipinski definition) is 0. The van der Waals surface area contributed by atoms with Crippen LogP contribution in [0.25, 0.3) is 0 Å². The summed E-state index contributed by atoms with van der Waals surface area (Å²) in [5.74, 6) is 0.344. The minimum Gasteiger partial charge on any atom is -0.256 e. The van der Waals surface area contributed by atoms with Crippen LogP contribution in [0.4, 0.5) is 0 Å². The van der Waals surface area contributed by atoms with Crippen LogP contribution in [0.15, 0.2) is 17.3 Å². The molecule has 1 fully saturated rings. The van der Waals surface area contributed by atoms with Crippen LogP contribution in [0.1, 0.15) is 25.7 Å². The molecule has 18 heavy (non-hydrogen) atoms. The minimum atomic E-state index is -3.48. The van der Waals surface area contributed by atoms with E-state index in [0.29, 0.717) is 12.4 Å². The van der Waals surface area contributed by atoms with Crippen molar-refractivity contribution in [3.05, 3.63) is 12.3 Å². The Morgan fingerprint density at radius 3 is 2.83 bits per heavy atom. The molecule has 1 saturated heterocycles. The Hall–Kier alpha value is -0.590. The predicted molar refractivity (Wildman–Crippen MR) is 70.1 cm³/mol. The van der Waals surface area contributed by atoms with Crippen molar-refractivity contribution in [1.29, 1.82) is 0 Å². The van der Waals surface area contributed by atoms with Crippen LogP contribution in [0.5, 0.6) is 0 Å². The lowest BCUT2D eigenvalue weighted by Gasteiger charge is -2.27. The number of aromatic nitrogens is 2. The zero-order chi connectivity index (χ0) is 13.2. The third kappa shape index (κ3) is 2.55. The van der Waals surface area contributed by atoms with E-state index in [9.17, 15) is 8.42 Å². The Balaban J connectivity index is 2.35. The highest BCUT2D eigenvalue weighted by atomic mass is 35.5. The lowest BCUT2D eigenvalue weighted by Crippen LogP contribution is -2.41. The van der Waals surface area contributed by atoms with E-state index in [-0.39, 0.29) is 11.1 Å². The first-order valence-electron chi connectivity index (χ1n) is 6.13. The highest BCUT2D eigenvalue weighted by Crippen LogP contribution is 2.25. The molecule has 1 unspecified atom stereocenters. The summed E-state index contributed by atoms with van der Waals surface area (Å²) < 4.78 is 28.1. The Bertz CT molecular complexity index is 500. The normalized spacial score (nSPS) is 22.9. The lowest BCUT2D eigenvalue weighted by molar-refractivity contribution is 0.341. The number of hydrogen-bond acceptors (Lipinski definition) is 3. The van der Waals surface area contributed by atoms with E-state index in [1.165, 1.54) is 16.9 Å². The Labute approximate surface area is 113 Å². The van der Waals surface area contributed by atoms with Crippen molar-refractivity contribution in [2.75, 3.05) is 12.4 Å². The number of rotatable bonds is 3. The number of nitrogens with zero attached hydrogens (tertiary/aromatic N) is 3. The van der Waals surface area contributed by atoms with E-state index < -0.39 is 10.0 Å². The zero-order valence-electron chi connectivity index (χ0n) is 10.4. The molecule has 0 saturated carbocycles. The standard InChI is InChI=1S/C11H18ClN3O2S/c1-14-11(6-7-13-14)18(16,17)15-8-4-2-3-5-10(15)9-12/h6-7,10H,2-5,8-9H2,1H3. The van der Waals surface area contributed by atoms with E-state index in [0.717, 1.165) is 25.7 Å². The van der Waals surface area contributed by atoms with Gasteiger partial charge >= 0.3 is 0 Å². The fourth-order valence-electron chi connectivity index (χ4n) is 2.36. The van der Waals surface area contributed by atoms with Crippen LogP contribution in [-0.4, -0.2) is 41.0 Å². The van der Waals surface area contributed by atoms with Crippen LogP contribution in [0.3, 0.4) is 0 Å². The molecule has 2 rings (SSSR count). The molecule has 1 aliphatic heterocycles. The second-order valence-corrected chi connectivity index (χ2v) is 6.71. The first-order chi connectivity index (χ1) is 8.57. The molecule has 1 aliphatic rings. The van der Waals surface area contributed by atoms with Crippen molar-refractivity contribution >= 4 is 21.6 Å². The van der Waals surface area contributed by atoms with Crippen LogP contribution >= 0.6 is 11.6 Å². The SMILES string of the molecule is Cn1nccc1S(=O)(=O)N1CCCCCC1CCl. The molecule has 0 spiro atoms. The summed E-state index contributed by atoms with van der Waals surface area (Å²) in [7, 11) is -1.85. The molecule has 0 radical (unpaired) electrons. The molecule has 0 N–H and O–H groups in total. The molecule has 1 aromatic heterocycles. The molecule has 7 heteroatoms. The minimum absolute atomic E-state index is 0.103. The molecule has 1 atom stereocenters. The maximum atomic E-state index is 12.6. The van der Waals surface area contributed by atoms with Crippen molar-refractivity contribution < 1.29 is 8.42 Å². The molecule has 2 heterocycles. The summed E-state index contributed by atoms with van der Waals surface area (Å²) in [6.07, 6.45) is 5.32. The lowest BCUT2D eigenvalue weighted by atomic mass is 10.1. The fraction of sp³-hybridized carbons (Fsp3) is 0.727. The van der Waals surface area contributed by atoms with Crippen LogP contribution in [0.2, 0.25) is 0 Å². The third-order valence-corrected chi connectivity index (χ3v) is 5.73. The predicted octanol–water partition coefficient (Wildman–Crippen LogP) is 1.59. The average Bonchev–Trinajstić information content (AvgIpc) is 2.65. The molecule has 0 amide bonds. The van der Waals surface area contributed by atoms with Gasteiger partial charge in [-0.1, -0.05) is 12.8 Å². The van der Waals surface area contributed by atoms with Crippen LogP contribution in [0, 0.1) is 0 Å². The molecule has 5 nitrogen and oxygen atoms in total. The van der Waals surface area contributed by atoms with Gasteiger partial charge in [-0.05, 0) is 18.9 Å². The summed E-state index contributed by atoms with van der Waals surface area (Å²) in [6, 6.07) is 1.43. The molecule has 102 valence electrons. The molecule has 0 aromatic carbocycles. The highest BCUT2D eigenvalue weighted by molar-refractivity contribution is 7.89. The van der Waals surface area contributed by atoms with Gasteiger partial charge in [0.05, 0.1) is 6.20 Å². The van der Waals surface area contributed by atoms with Crippen molar-refractivity contribution in [2.24, 2.45) is 7.05 Å². The Morgan fingerprint density at radius 2 is 2.22 bits per heavy atom. The topological polar surface area (TPSA) is 55.2 Å². The quantitative estimate of drug-likeness (QED) is 0.795. The van der Waals surface area contributed by atoms with Gasteiger partial charge < -0.3 is 0 Å². The molecule has 1 aromatic rings. The number of aryl methyl sites for hydroxylation is 1. The summed E-state index contributed by atoms with van der Waals surface area (Å²) in [5.41, 5.74) is 0. The van der Waals surface area contributed by atoms with Crippen molar-refractivity contribution in [2.45, 2.75) is 36.8 Å². The van der Waals surface area contributed by atoms with E-state index in [1.807, 2.05) is 0 Å². The zero-order valence-corrected chi connectivity index (χ0v) is 12.0. The van der Waals surface area contributed by atoms with Gasteiger partial charge in [-0.3, -0.25) is 4.68 Å². The number of halogens is 1. The van der Waals surface area contributed by atoms with E-state index in [2.05, 4.69) is 5.10 Å². The Morgan fingerprint density at radius 1 is 1.44 bits per heavy atom. The van der Waals surface area contributed by atoms with Gasteiger partial charge in [0.1, 0.15) is 0 Å². The summed E-state index contributed by atoms with van der Waals surface area (Å²) in [4.78, 5) is 0. The van der Waals surface area contributed by atoms with Crippen molar-refractivity contribution in [3.63, 3.8) is 0 Å². The van der Waals surface area contributed by atoms with E-state index in [4.69, 9.17) is 11.6 Å². The first kappa shape index (κ1) is 13.8. The smallest absolute Gasteiger partial charge is 0.256 e. The molecular weight excluding hydrogens is 274 g/mol. The molecule has 0 aliphatic carbocycles. The van der Waals surface area contributed by atoms with Crippen LogP contribution < -0.4 is 0 Å². The number of sulfonamides is 1. The Kier molecular flexibility index (Phi) is 4.29. The van der Waals surface area contributed by atoms with Gasteiger partial charge in [-0.25, -0.2) is 8.42 Å². The van der Waals surface area contributed by atoms with Crippen molar-refractivity contribution in [3.8, 4) is 0 Å². The first-order valence-corrected chi connectivity index (χ1v) is 8.10. The van der Waals surface area contributed by atoms with Gasteiger partial charge in [-0.2, -0.15) is 9.40 Å². The van der Waals surface area contributed by atoms with Gasteiger partial charge in [0, 0.05) is 25.5 Å². The monoisotopic (exact) mass is 291 g/mol. The van der Waals surface area contributed by atoms with Crippen LogP contribution in [-0.2, 0) is 17.1 Å². The summed E-state index contributed by atoms with van der Waals surface area (Å²) in [5, 5.41) is 4.17. The third-order valence-electron chi connectivity index (χ3n) is 3.35. The molecular formula is C11H18ClN3O2S. The highest BCUT2D eigenvalue weighted by Gasteiger charge is 2.33. The van der Waals surface area contributed by atoms with Gasteiger partial charge in [0.15, 0.2) is 5.03 Å². The molecule has 0 bridgehead atoms. The number of alkyl halides is 1.